The summed E-state index contributed by atoms with van der Waals surface area (Å²) in [5.41, 5.74) is 5.39. The molecule has 20 heavy (non-hydrogen) atoms. The molecule has 1 saturated heterocycles. The summed E-state index contributed by atoms with van der Waals surface area (Å²) in [6, 6.07) is 0. The van der Waals surface area contributed by atoms with Crippen molar-refractivity contribution in [2.75, 3.05) is 13.2 Å². The Labute approximate surface area is 120 Å². The van der Waals surface area contributed by atoms with Crippen LogP contribution in [-0.2, 0) is 10.3 Å². The molecule has 1 unspecified atom stereocenters. The zero-order valence-electron chi connectivity index (χ0n) is 12.3. The third-order valence-electron chi connectivity index (χ3n) is 4.91. The third kappa shape index (κ3) is 2.74. The predicted molar refractivity (Wildman–Crippen MR) is 75.2 cm³/mol. The average Bonchev–Trinajstić information content (AvgIpc) is 2.99. The van der Waals surface area contributed by atoms with Crippen molar-refractivity contribution in [1.82, 2.24) is 10.1 Å². The van der Waals surface area contributed by atoms with E-state index in [1.54, 1.807) is 0 Å². The van der Waals surface area contributed by atoms with Gasteiger partial charge in [0.05, 0.1) is 0 Å². The van der Waals surface area contributed by atoms with E-state index in [1.807, 2.05) is 0 Å². The molecule has 1 aliphatic heterocycles. The minimum Gasteiger partial charge on any atom is -0.367 e. The Morgan fingerprint density at radius 1 is 1.25 bits per heavy atom. The number of ether oxygens (including phenoxy) is 1. The van der Waals surface area contributed by atoms with Crippen LogP contribution in [0, 0.1) is 5.92 Å². The maximum atomic E-state index is 5.89. The van der Waals surface area contributed by atoms with Gasteiger partial charge in [-0.3, -0.25) is 0 Å². The summed E-state index contributed by atoms with van der Waals surface area (Å²) in [6.45, 7) is 3.67. The van der Waals surface area contributed by atoms with Crippen molar-refractivity contribution < 1.29 is 9.26 Å². The standard InChI is InChI=1S/C15H25N3O2/c1-15(8-2-3-9-19-15)14-17-13(20-18-14)12-6-4-11(10-16)5-7-12/h11-12H,2-10,16H2,1H3. The maximum Gasteiger partial charge on any atom is 0.229 e. The maximum absolute atomic E-state index is 5.89. The van der Waals surface area contributed by atoms with Gasteiger partial charge in [0.25, 0.3) is 0 Å². The van der Waals surface area contributed by atoms with Crippen LogP contribution in [0.15, 0.2) is 4.52 Å². The van der Waals surface area contributed by atoms with Crippen LogP contribution < -0.4 is 5.73 Å². The van der Waals surface area contributed by atoms with Gasteiger partial charge < -0.3 is 15.0 Å². The lowest BCUT2D eigenvalue weighted by Gasteiger charge is -2.30. The van der Waals surface area contributed by atoms with E-state index in [9.17, 15) is 0 Å². The lowest BCUT2D eigenvalue weighted by atomic mass is 9.82. The van der Waals surface area contributed by atoms with E-state index in [2.05, 4.69) is 17.1 Å². The first-order chi connectivity index (χ1) is 9.71. The molecule has 0 spiro atoms. The molecule has 1 aromatic rings. The van der Waals surface area contributed by atoms with Crippen molar-refractivity contribution in [3.05, 3.63) is 11.7 Å². The van der Waals surface area contributed by atoms with Crippen LogP contribution in [-0.4, -0.2) is 23.3 Å². The molecular weight excluding hydrogens is 254 g/mol. The number of nitrogens with zero attached hydrogens (tertiary/aromatic N) is 2. The number of rotatable bonds is 3. The highest BCUT2D eigenvalue weighted by molar-refractivity contribution is 5.04. The van der Waals surface area contributed by atoms with Gasteiger partial charge in [-0.25, -0.2) is 0 Å². The number of hydrogen-bond acceptors (Lipinski definition) is 5. The predicted octanol–water partition coefficient (Wildman–Crippen LogP) is 2.72. The van der Waals surface area contributed by atoms with Gasteiger partial charge in [0.1, 0.15) is 5.60 Å². The van der Waals surface area contributed by atoms with E-state index in [-0.39, 0.29) is 5.60 Å². The molecule has 3 rings (SSSR count). The first kappa shape index (κ1) is 14.0. The van der Waals surface area contributed by atoms with E-state index >= 15 is 0 Å². The first-order valence-electron chi connectivity index (χ1n) is 7.89. The second-order valence-corrected chi connectivity index (χ2v) is 6.45. The molecule has 1 saturated carbocycles. The summed E-state index contributed by atoms with van der Waals surface area (Å²) < 4.78 is 11.4. The molecule has 2 fully saturated rings. The highest BCUT2D eigenvalue weighted by Crippen LogP contribution is 2.37. The number of hydrogen-bond donors (Lipinski definition) is 1. The van der Waals surface area contributed by atoms with Gasteiger partial charge in [-0.05, 0) is 64.3 Å². The van der Waals surface area contributed by atoms with Gasteiger partial charge in [0.15, 0.2) is 0 Å². The van der Waals surface area contributed by atoms with Crippen LogP contribution in [0.3, 0.4) is 0 Å². The van der Waals surface area contributed by atoms with Gasteiger partial charge in [-0.2, -0.15) is 4.98 Å². The van der Waals surface area contributed by atoms with E-state index in [0.717, 1.165) is 50.6 Å². The van der Waals surface area contributed by atoms with Gasteiger partial charge >= 0.3 is 0 Å². The SMILES string of the molecule is CC1(c2noc(C3CCC(CN)CC3)n2)CCCCO1. The van der Waals surface area contributed by atoms with E-state index in [1.165, 1.54) is 19.3 Å². The second kappa shape index (κ2) is 5.82. The Balaban J connectivity index is 1.67. The third-order valence-corrected chi connectivity index (χ3v) is 4.91. The smallest absolute Gasteiger partial charge is 0.229 e. The molecule has 2 aliphatic rings. The van der Waals surface area contributed by atoms with E-state index in [0.29, 0.717) is 11.8 Å². The molecule has 5 heteroatoms. The summed E-state index contributed by atoms with van der Waals surface area (Å²) in [5.74, 6) is 2.61. The van der Waals surface area contributed by atoms with Crippen molar-refractivity contribution in [1.29, 1.82) is 0 Å². The second-order valence-electron chi connectivity index (χ2n) is 6.45. The Morgan fingerprint density at radius 2 is 2.05 bits per heavy atom. The fourth-order valence-corrected chi connectivity index (χ4v) is 3.37. The molecule has 5 nitrogen and oxygen atoms in total. The number of nitrogens with two attached hydrogens (primary N) is 1. The average molecular weight is 279 g/mol. The normalized spacial score (nSPS) is 35.1. The van der Waals surface area contributed by atoms with Crippen LogP contribution >= 0.6 is 0 Å². The quantitative estimate of drug-likeness (QED) is 0.920. The van der Waals surface area contributed by atoms with Crippen molar-refractivity contribution in [2.24, 2.45) is 11.7 Å². The highest BCUT2D eigenvalue weighted by atomic mass is 16.5. The Hall–Kier alpha value is -0.940. The van der Waals surface area contributed by atoms with Crippen LogP contribution in [0.2, 0.25) is 0 Å². The molecule has 0 bridgehead atoms. The topological polar surface area (TPSA) is 74.2 Å². The van der Waals surface area contributed by atoms with Crippen molar-refractivity contribution >= 4 is 0 Å². The van der Waals surface area contributed by atoms with E-state index < -0.39 is 0 Å². The molecular formula is C15H25N3O2. The van der Waals surface area contributed by atoms with Crippen molar-refractivity contribution in [2.45, 2.75) is 63.4 Å². The van der Waals surface area contributed by atoms with Crippen LogP contribution in [0.25, 0.3) is 0 Å². The molecule has 112 valence electrons. The van der Waals surface area contributed by atoms with Crippen molar-refractivity contribution in [3.63, 3.8) is 0 Å². The Morgan fingerprint density at radius 3 is 2.70 bits per heavy atom. The fourth-order valence-electron chi connectivity index (χ4n) is 3.37. The lowest BCUT2D eigenvalue weighted by Crippen LogP contribution is -2.31. The lowest BCUT2D eigenvalue weighted by molar-refractivity contribution is -0.0770. The molecule has 1 atom stereocenters. The van der Waals surface area contributed by atoms with Crippen LogP contribution in [0.5, 0.6) is 0 Å². The monoisotopic (exact) mass is 279 g/mol. The molecule has 0 aromatic carbocycles. The summed E-state index contributed by atoms with van der Waals surface area (Å²) in [6.07, 6.45) is 7.85. The largest absolute Gasteiger partial charge is 0.367 e. The Kier molecular flexibility index (Phi) is 4.08. The Bertz CT molecular complexity index is 432. The molecule has 0 amide bonds. The summed E-state index contributed by atoms with van der Waals surface area (Å²) in [4.78, 5) is 4.65. The number of aromatic nitrogens is 2. The zero-order chi connectivity index (χ0) is 14.0. The highest BCUT2D eigenvalue weighted by Gasteiger charge is 2.36. The van der Waals surface area contributed by atoms with Crippen LogP contribution in [0.1, 0.15) is 69.5 Å². The van der Waals surface area contributed by atoms with Gasteiger partial charge in [-0.15, -0.1) is 0 Å². The first-order valence-corrected chi connectivity index (χ1v) is 7.89. The van der Waals surface area contributed by atoms with Crippen molar-refractivity contribution in [3.8, 4) is 0 Å². The minimum absolute atomic E-state index is 0.353. The molecule has 0 radical (unpaired) electrons. The molecule has 1 aromatic heterocycles. The fraction of sp³-hybridized carbons (Fsp3) is 0.867. The van der Waals surface area contributed by atoms with E-state index in [4.69, 9.17) is 15.0 Å². The molecule has 2 N–H and O–H groups in total. The molecule has 1 aliphatic carbocycles. The summed E-state index contributed by atoms with van der Waals surface area (Å²) in [5, 5.41) is 4.19. The zero-order valence-corrected chi connectivity index (χ0v) is 12.3. The van der Waals surface area contributed by atoms with Gasteiger partial charge in [-0.1, -0.05) is 5.16 Å². The summed E-state index contributed by atoms with van der Waals surface area (Å²) in [7, 11) is 0. The summed E-state index contributed by atoms with van der Waals surface area (Å²) >= 11 is 0. The molecule has 2 heterocycles. The van der Waals surface area contributed by atoms with Gasteiger partial charge in [0, 0.05) is 12.5 Å². The minimum atomic E-state index is -0.353. The van der Waals surface area contributed by atoms with Gasteiger partial charge in [0.2, 0.25) is 11.7 Å². The van der Waals surface area contributed by atoms with Crippen LogP contribution in [0.4, 0.5) is 0 Å².